The van der Waals surface area contributed by atoms with Gasteiger partial charge in [0.1, 0.15) is 17.4 Å². The largest absolute Gasteiger partial charge is 0.476 e. The number of anilines is 1. The van der Waals surface area contributed by atoms with Crippen LogP contribution in [0, 0.1) is 17.1 Å². The number of aromatic nitrogens is 1. The minimum Gasteiger partial charge on any atom is -0.476 e. The Morgan fingerprint density at radius 2 is 2.20 bits per heavy atom. The summed E-state index contributed by atoms with van der Waals surface area (Å²) in [7, 11) is 0. The highest BCUT2D eigenvalue weighted by atomic mass is 32.1. The van der Waals surface area contributed by atoms with Crippen molar-refractivity contribution in [2.45, 2.75) is 0 Å². The van der Waals surface area contributed by atoms with Gasteiger partial charge >= 0.3 is 5.97 Å². The van der Waals surface area contributed by atoms with Crippen molar-refractivity contribution in [1.82, 2.24) is 4.98 Å². The summed E-state index contributed by atoms with van der Waals surface area (Å²) in [6.07, 6.45) is 0. The highest BCUT2D eigenvalue weighted by Crippen LogP contribution is 2.19. The summed E-state index contributed by atoms with van der Waals surface area (Å²) >= 11 is 0.842. The van der Waals surface area contributed by atoms with Crippen LogP contribution in [0.25, 0.3) is 0 Å². The van der Waals surface area contributed by atoms with Gasteiger partial charge in [-0.25, -0.2) is 14.2 Å². The number of carbonyl (C=O) groups is 2. The predicted molar refractivity (Wildman–Crippen MR) is 68.1 cm³/mol. The molecule has 1 aromatic carbocycles. The standard InChI is InChI=1S/C12H6FN3O3S/c13-7-2-1-3-8(6(7)4-14)15-10(17)11-16-9(5-20-11)12(18)19/h1-3,5H,(H,15,17)(H,18,19). The number of hydrogen-bond acceptors (Lipinski definition) is 5. The fourth-order valence-corrected chi connectivity index (χ4v) is 2.08. The van der Waals surface area contributed by atoms with Crippen LogP contribution in [0.3, 0.4) is 0 Å². The molecule has 8 heteroatoms. The van der Waals surface area contributed by atoms with E-state index in [4.69, 9.17) is 10.4 Å². The Hall–Kier alpha value is -2.79. The third kappa shape index (κ3) is 2.62. The van der Waals surface area contributed by atoms with Gasteiger partial charge in [-0.15, -0.1) is 11.3 Å². The molecule has 2 N–H and O–H groups in total. The van der Waals surface area contributed by atoms with Crippen LogP contribution in [0.4, 0.5) is 10.1 Å². The lowest BCUT2D eigenvalue weighted by atomic mass is 10.2. The number of carbonyl (C=O) groups excluding carboxylic acids is 1. The van der Waals surface area contributed by atoms with E-state index >= 15 is 0 Å². The van der Waals surface area contributed by atoms with Crippen LogP contribution in [-0.4, -0.2) is 22.0 Å². The van der Waals surface area contributed by atoms with Crippen molar-refractivity contribution in [1.29, 1.82) is 5.26 Å². The molecule has 0 saturated heterocycles. The van der Waals surface area contributed by atoms with E-state index in [1.807, 2.05) is 0 Å². The van der Waals surface area contributed by atoms with Crippen LogP contribution in [-0.2, 0) is 0 Å². The highest BCUT2D eigenvalue weighted by Gasteiger charge is 2.17. The number of nitrogens with one attached hydrogen (secondary N) is 1. The van der Waals surface area contributed by atoms with Crippen molar-refractivity contribution in [3.8, 4) is 6.07 Å². The molecule has 6 nitrogen and oxygen atoms in total. The lowest BCUT2D eigenvalue weighted by Gasteiger charge is -2.05. The second kappa shape index (κ2) is 5.46. The number of nitriles is 1. The number of rotatable bonds is 3. The van der Waals surface area contributed by atoms with E-state index in [1.54, 1.807) is 6.07 Å². The van der Waals surface area contributed by atoms with E-state index in [0.717, 1.165) is 17.4 Å². The van der Waals surface area contributed by atoms with Crippen molar-refractivity contribution < 1.29 is 19.1 Å². The maximum absolute atomic E-state index is 13.3. The van der Waals surface area contributed by atoms with Crippen LogP contribution >= 0.6 is 11.3 Å². The first-order valence-corrected chi connectivity index (χ1v) is 6.09. The first kappa shape index (κ1) is 13.6. The molecule has 0 fully saturated rings. The number of amides is 1. The predicted octanol–water partition coefficient (Wildman–Crippen LogP) is 2.10. The number of halogens is 1. The van der Waals surface area contributed by atoms with Crippen LogP contribution in [0.5, 0.6) is 0 Å². The second-order valence-electron chi connectivity index (χ2n) is 3.57. The molecule has 0 spiro atoms. The Kier molecular flexibility index (Phi) is 3.72. The van der Waals surface area contributed by atoms with Crippen molar-refractivity contribution in [3.63, 3.8) is 0 Å². The van der Waals surface area contributed by atoms with Gasteiger partial charge in [-0.05, 0) is 12.1 Å². The Balaban J connectivity index is 2.26. The lowest BCUT2D eigenvalue weighted by Crippen LogP contribution is -2.13. The molecule has 0 atom stereocenters. The average Bonchev–Trinajstić information content (AvgIpc) is 2.89. The van der Waals surface area contributed by atoms with Gasteiger partial charge in [0, 0.05) is 5.38 Å². The number of thiazole rings is 1. The lowest BCUT2D eigenvalue weighted by molar-refractivity contribution is 0.0691. The van der Waals surface area contributed by atoms with E-state index in [9.17, 15) is 14.0 Å². The molecule has 1 amide bonds. The molecule has 0 bridgehead atoms. The zero-order chi connectivity index (χ0) is 14.7. The number of carboxylic acids is 1. The SMILES string of the molecule is N#Cc1c(F)cccc1NC(=O)c1nc(C(=O)O)cs1. The van der Waals surface area contributed by atoms with Gasteiger partial charge in [0.05, 0.1) is 5.69 Å². The molecule has 0 aliphatic carbocycles. The van der Waals surface area contributed by atoms with Crippen molar-refractivity contribution in [2.24, 2.45) is 0 Å². The molecule has 20 heavy (non-hydrogen) atoms. The first-order chi connectivity index (χ1) is 9.52. The van der Waals surface area contributed by atoms with Gasteiger partial charge in [-0.3, -0.25) is 4.79 Å². The summed E-state index contributed by atoms with van der Waals surface area (Å²) in [6.45, 7) is 0. The highest BCUT2D eigenvalue weighted by molar-refractivity contribution is 7.12. The summed E-state index contributed by atoms with van der Waals surface area (Å²) in [6, 6.07) is 5.45. The van der Waals surface area contributed by atoms with Crippen molar-refractivity contribution >= 4 is 28.9 Å². The number of carboxylic acid groups (broad SMARTS) is 1. The molecule has 0 unspecified atom stereocenters. The van der Waals surface area contributed by atoms with Gasteiger partial charge in [0.25, 0.3) is 5.91 Å². The number of nitrogens with zero attached hydrogens (tertiary/aromatic N) is 2. The molecule has 100 valence electrons. The summed E-state index contributed by atoms with van der Waals surface area (Å²) in [5.74, 6) is -2.70. The minimum atomic E-state index is -1.25. The van der Waals surface area contributed by atoms with Gasteiger partial charge in [0.2, 0.25) is 0 Å². The molecule has 2 rings (SSSR count). The zero-order valence-corrected chi connectivity index (χ0v) is 10.6. The normalized spacial score (nSPS) is 9.80. The molecule has 0 radical (unpaired) electrons. The van der Waals surface area contributed by atoms with Crippen LogP contribution < -0.4 is 5.32 Å². The quantitative estimate of drug-likeness (QED) is 0.901. The molecule has 2 aromatic rings. The third-order valence-electron chi connectivity index (χ3n) is 2.29. The minimum absolute atomic E-state index is 0.00424. The monoisotopic (exact) mass is 291 g/mol. The Morgan fingerprint density at radius 1 is 1.45 bits per heavy atom. The summed E-state index contributed by atoms with van der Waals surface area (Å²) in [5, 5.41) is 21.0. The van der Waals surface area contributed by atoms with Gasteiger partial charge < -0.3 is 10.4 Å². The average molecular weight is 291 g/mol. The number of benzene rings is 1. The topological polar surface area (TPSA) is 103 Å². The molecular formula is C12H6FN3O3S. The van der Waals surface area contributed by atoms with E-state index < -0.39 is 17.7 Å². The van der Waals surface area contributed by atoms with E-state index in [1.165, 1.54) is 17.5 Å². The van der Waals surface area contributed by atoms with Crippen LogP contribution in [0.1, 0.15) is 25.9 Å². The Bertz CT molecular complexity index is 736. The van der Waals surface area contributed by atoms with Gasteiger partial charge in [-0.1, -0.05) is 6.07 Å². The molecule has 1 aromatic heterocycles. The van der Waals surface area contributed by atoms with E-state index in [2.05, 4.69) is 10.3 Å². The molecule has 0 saturated carbocycles. The number of aromatic carboxylic acids is 1. The maximum Gasteiger partial charge on any atom is 0.355 e. The summed E-state index contributed by atoms with van der Waals surface area (Å²) in [4.78, 5) is 26.1. The molecule has 0 aliphatic rings. The van der Waals surface area contributed by atoms with Gasteiger partial charge in [0.15, 0.2) is 10.7 Å². The second-order valence-corrected chi connectivity index (χ2v) is 4.43. The summed E-state index contributed by atoms with van der Waals surface area (Å²) < 4.78 is 13.3. The fraction of sp³-hybridized carbons (Fsp3) is 0. The fourth-order valence-electron chi connectivity index (χ4n) is 1.39. The summed E-state index contributed by atoms with van der Waals surface area (Å²) in [5.41, 5.74) is -0.541. The van der Waals surface area contributed by atoms with Crippen LogP contribution in [0.15, 0.2) is 23.6 Å². The number of hydrogen-bond donors (Lipinski definition) is 2. The zero-order valence-electron chi connectivity index (χ0n) is 9.75. The Labute approximate surface area is 116 Å². The van der Waals surface area contributed by atoms with Crippen molar-refractivity contribution in [2.75, 3.05) is 5.32 Å². The molecule has 0 aliphatic heterocycles. The van der Waals surface area contributed by atoms with E-state index in [0.29, 0.717) is 0 Å². The maximum atomic E-state index is 13.3. The third-order valence-corrected chi connectivity index (χ3v) is 3.13. The van der Waals surface area contributed by atoms with Crippen LogP contribution in [0.2, 0.25) is 0 Å². The van der Waals surface area contributed by atoms with E-state index in [-0.39, 0.29) is 22.0 Å². The molecule has 1 heterocycles. The first-order valence-electron chi connectivity index (χ1n) is 5.21. The van der Waals surface area contributed by atoms with Crippen molar-refractivity contribution in [3.05, 3.63) is 45.7 Å². The Morgan fingerprint density at radius 3 is 2.80 bits per heavy atom. The van der Waals surface area contributed by atoms with Gasteiger partial charge in [-0.2, -0.15) is 5.26 Å². The molecular weight excluding hydrogens is 285 g/mol. The smallest absolute Gasteiger partial charge is 0.355 e.